The lowest BCUT2D eigenvalue weighted by Gasteiger charge is -2.34. The molecule has 3 heterocycles. The largest absolute Gasteiger partial charge is 0.398 e. The van der Waals surface area contributed by atoms with Crippen LogP contribution < -0.4 is 5.73 Å². The predicted octanol–water partition coefficient (Wildman–Crippen LogP) is 4.23. The van der Waals surface area contributed by atoms with E-state index in [4.69, 9.17) is 16.1 Å². The first kappa shape index (κ1) is 26.2. The van der Waals surface area contributed by atoms with Gasteiger partial charge in [0.25, 0.3) is 5.91 Å². The summed E-state index contributed by atoms with van der Waals surface area (Å²) >= 11 is 0. The summed E-state index contributed by atoms with van der Waals surface area (Å²) in [6.45, 7) is 7.50. The van der Waals surface area contributed by atoms with E-state index in [2.05, 4.69) is 4.98 Å². The SMILES string of the molecule is CC.CC(=O)N1CCN(C(=O)c2ccc(-c3nc4c(F)cc(N)c(C=N)c4c4c3CCCC4)cn2)CC1. The summed E-state index contributed by atoms with van der Waals surface area (Å²) in [5, 5.41) is 8.46. The summed E-state index contributed by atoms with van der Waals surface area (Å²) in [4.78, 5) is 37.0. The number of aromatic nitrogens is 2. The highest BCUT2D eigenvalue weighted by molar-refractivity contribution is 6.05. The maximum atomic E-state index is 15.0. The average molecular weight is 505 g/mol. The number of rotatable bonds is 3. The number of fused-ring (bicyclic) bond motifs is 3. The zero-order chi connectivity index (χ0) is 26.7. The molecule has 1 aliphatic heterocycles. The number of nitrogens with zero attached hydrogens (tertiary/aromatic N) is 4. The molecule has 1 aliphatic carbocycles. The predicted molar refractivity (Wildman–Crippen MR) is 143 cm³/mol. The van der Waals surface area contributed by atoms with Crippen LogP contribution in [-0.4, -0.2) is 64.0 Å². The van der Waals surface area contributed by atoms with Gasteiger partial charge in [-0.3, -0.25) is 14.6 Å². The van der Waals surface area contributed by atoms with E-state index in [9.17, 15) is 14.0 Å². The molecule has 0 bridgehead atoms. The van der Waals surface area contributed by atoms with Gasteiger partial charge in [-0.15, -0.1) is 0 Å². The lowest BCUT2D eigenvalue weighted by atomic mass is 9.85. The van der Waals surface area contributed by atoms with Gasteiger partial charge in [0.1, 0.15) is 11.2 Å². The molecule has 1 fully saturated rings. The molecule has 2 amide bonds. The van der Waals surface area contributed by atoms with Gasteiger partial charge in [0, 0.05) is 67.7 Å². The number of carbonyl (C=O) groups excluding carboxylic acids is 2. The molecule has 0 atom stereocenters. The standard InChI is InChI=1S/C26H27FN6O2.C2H6/c1-15(34)32-8-10-33(11-9-32)26(35)22-7-6-16(14-30-22)24-18-5-3-2-4-17(18)23-19(13-28)21(29)12-20(27)25(23)31-24;1-2/h6-7,12-14,28H,2-5,8-11,29H2,1H3;1-2H3. The minimum Gasteiger partial charge on any atom is -0.398 e. The first-order valence-corrected chi connectivity index (χ1v) is 12.8. The molecule has 37 heavy (non-hydrogen) atoms. The van der Waals surface area contributed by atoms with E-state index in [1.165, 1.54) is 19.2 Å². The third-order valence-electron chi connectivity index (χ3n) is 7.02. The van der Waals surface area contributed by atoms with Crippen LogP contribution in [0, 0.1) is 11.2 Å². The average Bonchev–Trinajstić information content (AvgIpc) is 2.94. The minimum atomic E-state index is -0.512. The second-order valence-electron chi connectivity index (χ2n) is 9.08. The highest BCUT2D eigenvalue weighted by atomic mass is 19.1. The van der Waals surface area contributed by atoms with Crippen molar-refractivity contribution in [3.63, 3.8) is 0 Å². The van der Waals surface area contributed by atoms with E-state index in [-0.39, 0.29) is 23.0 Å². The van der Waals surface area contributed by atoms with Gasteiger partial charge >= 0.3 is 0 Å². The molecule has 0 unspecified atom stereocenters. The van der Waals surface area contributed by atoms with Crippen LogP contribution in [0.5, 0.6) is 0 Å². The Morgan fingerprint density at radius 1 is 1.05 bits per heavy atom. The summed E-state index contributed by atoms with van der Waals surface area (Å²) in [6.07, 6.45) is 6.32. The zero-order valence-corrected chi connectivity index (χ0v) is 21.6. The molecule has 0 radical (unpaired) electrons. The van der Waals surface area contributed by atoms with Gasteiger partial charge in [0.05, 0.1) is 5.69 Å². The van der Waals surface area contributed by atoms with Crippen molar-refractivity contribution >= 4 is 34.6 Å². The molecule has 3 N–H and O–H groups in total. The molecule has 5 rings (SSSR count). The topological polar surface area (TPSA) is 116 Å². The number of nitrogens with two attached hydrogens (primary N) is 1. The normalized spacial score (nSPS) is 15.0. The molecule has 0 spiro atoms. The van der Waals surface area contributed by atoms with E-state index in [1.54, 1.807) is 22.1 Å². The molecule has 2 aromatic heterocycles. The molecule has 1 aromatic carbocycles. The molecule has 194 valence electrons. The van der Waals surface area contributed by atoms with Crippen LogP contribution in [0.3, 0.4) is 0 Å². The molecular weight excluding hydrogens is 471 g/mol. The van der Waals surface area contributed by atoms with E-state index in [1.807, 2.05) is 19.9 Å². The molecule has 8 nitrogen and oxygen atoms in total. The fourth-order valence-electron chi connectivity index (χ4n) is 5.15. The number of aryl methyl sites for hydroxylation is 1. The fraction of sp³-hybridized carbons (Fsp3) is 0.393. The minimum absolute atomic E-state index is 0.0117. The Morgan fingerprint density at radius 3 is 2.30 bits per heavy atom. The first-order valence-electron chi connectivity index (χ1n) is 12.8. The zero-order valence-electron chi connectivity index (χ0n) is 21.6. The molecule has 9 heteroatoms. The number of nitrogen functional groups attached to an aromatic ring is 1. The molecular formula is C28H33FN6O2. The quantitative estimate of drug-likeness (QED) is 0.409. The van der Waals surface area contributed by atoms with Crippen LogP contribution in [0.4, 0.5) is 10.1 Å². The molecule has 1 saturated heterocycles. The van der Waals surface area contributed by atoms with Crippen molar-refractivity contribution < 1.29 is 14.0 Å². The van der Waals surface area contributed by atoms with Crippen molar-refractivity contribution in [3.05, 3.63) is 52.6 Å². The summed E-state index contributed by atoms with van der Waals surface area (Å²) in [6, 6.07) is 4.71. The van der Waals surface area contributed by atoms with Crippen molar-refractivity contribution in [3.8, 4) is 11.3 Å². The number of hydrogen-bond donors (Lipinski definition) is 2. The van der Waals surface area contributed by atoms with Gasteiger partial charge in [-0.05, 0) is 55.0 Å². The third-order valence-corrected chi connectivity index (χ3v) is 7.02. The third kappa shape index (κ3) is 4.90. The highest BCUT2D eigenvalue weighted by Crippen LogP contribution is 2.38. The number of benzene rings is 1. The van der Waals surface area contributed by atoms with Crippen LogP contribution in [0.1, 0.15) is 60.8 Å². The number of anilines is 1. The Hall–Kier alpha value is -3.88. The number of carbonyl (C=O) groups is 2. The second-order valence-corrected chi connectivity index (χ2v) is 9.08. The lowest BCUT2D eigenvalue weighted by Crippen LogP contribution is -2.50. The van der Waals surface area contributed by atoms with Crippen LogP contribution in [0.15, 0.2) is 24.4 Å². The fourth-order valence-corrected chi connectivity index (χ4v) is 5.15. The number of halogens is 1. The Labute approximate surface area is 216 Å². The van der Waals surface area contributed by atoms with E-state index in [0.717, 1.165) is 42.4 Å². The highest BCUT2D eigenvalue weighted by Gasteiger charge is 2.26. The van der Waals surface area contributed by atoms with Crippen molar-refractivity contribution in [2.45, 2.75) is 46.5 Å². The number of pyridine rings is 2. The van der Waals surface area contributed by atoms with E-state index < -0.39 is 5.82 Å². The lowest BCUT2D eigenvalue weighted by molar-refractivity contribution is -0.130. The van der Waals surface area contributed by atoms with Crippen molar-refractivity contribution in [1.82, 2.24) is 19.8 Å². The van der Waals surface area contributed by atoms with E-state index >= 15 is 0 Å². The first-order chi connectivity index (χ1) is 17.9. The molecule has 2 aliphatic rings. The van der Waals surface area contributed by atoms with Crippen molar-refractivity contribution in [2.24, 2.45) is 0 Å². The smallest absolute Gasteiger partial charge is 0.272 e. The Bertz CT molecular complexity index is 1350. The summed E-state index contributed by atoms with van der Waals surface area (Å²) in [7, 11) is 0. The molecule has 3 aromatic rings. The van der Waals surface area contributed by atoms with Crippen LogP contribution in [0.2, 0.25) is 0 Å². The van der Waals surface area contributed by atoms with Gasteiger partial charge in [-0.25, -0.2) is 9.37 Å². The number of hydrogen-bond acceptors (Lipinski definition) is 6. The summed E-state index contributed by atoms with van der Waals surface area (Å²) in [5.41, 5.74) is 10.7. The van der Waals surface area contributed by atoms with E-state index in [0.29, 0.717) is 48.5 Å². The second kappa shape index (κ2) is 11.0. The van der Waals surface area contributed by atoms with Crippen molar-refractivity contribution in [2.75, 3.05) is 31.9 Å². The summed E-state index contributed by atoms with van der Waals surface area (Å²) in [5.74, 6) is -0.676. The van der Waals surface area contributed by atoms with Crippen LogP contribution in [-0.2, 0) is 17.6 Å². The van der Waals surface area contributed by atoms with Gasteiger partial charge in [0.2, 0.25) is 5.91 Å². The van der Waals surface area contributed by atoms with Gasteiger partial charge < -0.3 is 20.9 Å². The Kier molecular flexibility index (Phi) is 7.80. The Balaban J connectivity index is 0.00000156. The van der Waals surface area contributed by atoms with Crippen molar-refractivity contribution in [1.29, 1.82) is 5.41 Å². The summed E-state index contributed by atoms with van der Waals surface area (Å²) < 4.78 is 15.0. The maximum absolute atomic E-state index is 15.0. The monoisotopic (exact) mass is 504 g/mol. The van der Waals surface area contributed by atoms with Gasteiger partial charge in [0.15, 0.2) is 5.82 Å². The Morgan fingerprint density at radius 2 is 1.70 bits per heavy atom. The molecule has 0 saturated carbocycles. The van der Waals surface area contributed by atoms with Crippen LogP contribution >= 0.6 is 0 Å². The van der Waals surface area contributed by atoms with Gasteiger partial charge in [-0.1, -0.05) is 13.8 Å². The number of nitrogens with one attached hydrogen (secondary N) is 1. The maximum Gasteiger partial charge on any atom is 0.272 e. The number of piperazine rings is 1. The number of amides is 2. The van der Waals surface area contributed by atoms with Gasteiger partial charge in [-0.2, -0.15) is 0 Å². The van der Waals surface area contributed by atoms with Crippen LogP contribution in [0.25, 0.3) is 22.2 Å².